The van der Waals surface area contributed by atoms with E-state index in [9.17, 15) is 4.79 Å². The predicted octanol–water partition coefficient (Wildman–Crippen LogP) is 6.45. The van der Waals surface area contributed by atoms with Crippen LogP contribution in [0.15, 0.2) is 34.8 Å². The quantitative estimate of drug-likeness (QED) is 0.192. The Balaban J connectivity index is 1.97. The van der Waals surface area contributed by atoms with Gasteiger partial charge >= 0.3 is 5.97 Å². The molecule has 0 aromatic heterocycles. The van der Waals surface area contributed by atoms with E-state index in [0.29, 0.717) is 23.0 Å². The third-order valence-electron chi connectivity index (χ3n) is 4.79. The first-order valence-electron chi connectivity index (χ1n) is 10.6. The second-order valence-corrected chi connectivity index (χ2v) is 10.0. The SMILES string of the molecule is COc1ccc(CCCBr)c(/C=C/C(=O)OC(C)(C)C)c1OCc1c(Br)ccc2c1OCO2. The van der Waals surface area contributed by atoms with E-state index in [1.54, 1.807) is 13.2 Å². The Kier molecular flexibility index (Phi) is 8.70. The van der Waals surface area contributed by atoms with Gasteiger partial charge in [0.2, 0.25) is 6.79 Å². The fourth-order valence-corrected chi connectivity index (χ4v) is 4.07. The molecular weight excluding hydrogens is 556 g/mol. The minimum absolute atomic E-state index is 0.175. The third-order valence-corrected chi connectivity index (χ3v) is 6.09. The van der Waals surface area contributed by atoms with Gasteiger partial charge in [-0.2, -0.15) is 0 Å². The van der Waals surface area contributed by atoms with Crippen LogP contribution in [0.25, 0.3) is 6.08 Å². The van der Waals surface area contributed by atoms with Crippen molar-refractivity contribution in [3.8, 4) is 23.0 Å². The number of hydrogen-bond donors (Lipinski definition) is 0. The molecule has 1 aliphatic heterocycles. The Hall–Kier alpha value is -2.19. The average molecular weight is 584 g/mol. The van der Waals surface area contributed by atoms with Gasteiger partial charge < -0.3 is 23.7 Å². The summed E-state index contributed by atoms with van der Waals surface area (Å²) in [6.45, 7) is 5.90. The first-order valence-corrected chi connectivity index (χ1v) is 12.5. The van der Waals surface area contributed by atoms with Crippen molar-refractivity contribution in [3.05, 3.63) is 51.5 Å². The molecule has 8 heteroatoms. The molecule has 0 N–H and O–H groups in total. The molecule has 1 heterocycles. The molecule has 0 fully saturated rings. The lowest BCUT2D eigenvalue weighted by atomic mass is 10.0. The molecular formula is C25H28Br2O6. The van der Waals surface area contributed by atoms with E-state index < -0.39 is 11.6 Å². The molecule has 0 saturated heterocycles. The van der Waals surface area contributed by atoms with Crippen molar-refractivity contribution in [2.75, 3.05) is 19.2 Å². The van der Waals surface area contributed by atoms with Gasteiger partial charge in [-0.15, -0.1) is 0 Å². The molecule has 0 aliphatic carbocycles. The number of esters is 1. The van der Waals surface area contributed by atoms with Crippen LogP contribution in [0.4, 0.5) is 0 Å². The standard InChI is InChI=1S/C25H28Br2O6/c1-25(2,3)33-22(28)12-8-17-16(6-5-13-26)7-10-20(29-4)23(17)30-14-18-19(27)9-11-21-24(18)32-15-31-21/h7-12H,5-6,13-15H2,1-4H3/b12-8+. The lowest BCUT2D eigenvalue weighted by Crippen LogP contribution is -2.22. The number of carbonyl (C=O) groups is 1. The van der Waals surface area contributed by atoms with Gasteiger partial charge in [-0.05, 0) is 63.5 Å². The molecule has 33 heavy (non-hydrogen) atoms. The van der Waals surface area contributed by atoms with Crippen molar-refractivity contribution in [2.45, 2.75) is 45.8 Å². The van der Waals surface area contributed by atoms with E-state index in [1.165, 1.54) is 6.08 Å². The van der Waals surface area contributed by atoms with Gasteiger partial charge in [0.15, 0.2) is 23.0 Å². The number of alkyl halides is 1. The molecule has 0 amide bonds. The lowest BCUT2D eigenvalue weighted by molar-refractivity contribution is -0.148. The smallest absolute Gasteiger partial charge is 0.331 e. The Morgan fingerprint density at radius 1 is 1.18 bits per heavy atom. The van der Waals surface area contributed by atoms with E-state index in [0.717, 1.165) is 39.3 Å². The molecule has 0 atom stereocenters. The Morgan fingerprint density at radius 2 is 1.97 bits per heavy atom. The topological polar surface area (TPSA) is 63.2 Å². The minimum Gasteiger partial charge on any atom is -0.493 e. The number of hydrogen-bond acceptors (Lipinski definition) is 6. The lowest BCUT2D eigenvalue weighted by Gasteiger charge is -2.19. The fraction of sp³-hybridized carbons (Fsp3) is 0.400. The summed E-state index contributed by atoms with van der Waals surface area (Å²) in [5.74, 6) is 2.04. The van der Waals surface area contributed by atoms with E-state index in [-0.39, 0.29) is 13.4 Å². The second kappa shape index (κ2) is 11.3. The molecule has 2 aromatic rings. The molecule has 0 bridgehead atoms. The van der Waals surface area contributed by atoms with Crippen LogP contribution in [0.5, 0.6) is 23.0 Å². The van der Waals surface area contributed by atoms with Gasteiger partial charge in [0.05, 0.1) is 7.11 Å². The Labute approximate surface area is 211 Å². The molecule has 2 aromatic carbocycles. The number of ether oxygens (including phenoxy) is 5. The van der Waals surface area contributed by atoms with Crippen molar-refractivity contribution < 1.29 is 28.5 Å². The normalized spacial score (nSPS) is 12.8. The van der Waals surface area contributed by atoms with Gasteiger partial charge in [0.25, 0.3) is 0 Å². The number of carbonyl (C=O) groups excluding carboxylic acids is 1. The monoisotopic (exact) mass is 582 g/mol. The van der Waals surface area contributed by atoms with Crippen LogP contribution in [-0.2, 0) is 22.6 Å². The maximum Gasteiger partial charge on any atom is 0.331 e. The maximum atomic E-state index is 12.3. The zero-order chi connectivity index (χ0) is 24.0. The fourth-order valence-electron chi connectivity index (χ4n) is 3.36. The molecule has 178 valence electrons. The highest BCUT2D eigenvalue weighted by molar-refractivity contribution is 9.10. The van der Waals surface area contributed by atoms with Gasteiger partial charge in [0, 0.05) is 27.0 Å². The first kappa shape index (κ1) is 25.4. The molecule has 0 saturated carbocycles. The number of halogens is 2. The van der Waals surface area contributed by atoms with Crippen LogP contribution < -0.4 is 18.9 Å². The summed E-state index contributed by atoms with van der Waals surface area (Å²) < 4.78 is 29.3. The van der Waals surface area contributed by atoms with E-state index >= 15 is 0 Å². The molecule has 0 unspecified atom stereocenters. The summed E-state index contributed by atoms with van der Waals surface area (Å²) in [5, 5.41) is 0.866. The van der Waals surface area contributed by atoms with Crippen LogP contribution >= 0.6 is 31.9 Å². The highest BCUT2D eigenvalue weighted by Gasteiger charge is 2.22. The number of methoxy groups -OCH3 is 1. The van der Waals surface area contributed by atoms with Gasteiger partial charge in [-0.1, -0.05) is 37.9 Å². The number of rotatable bonds is 9. The van der Waals surface area contributed by atoms with Gasteiger partial charge in [-0.3, -0.25) is 0 Å². The van der Waals surface area contributed by atoms with Crippen molar-refractivity contribution in [1.82, 2.24) is 0 Å². The molecule has 3 rings (SSSR count). The number of benzene rings is 2. The average Bonchev–Trinajstić information content (AvgIpc) is 3.23. The maximum absolute atomic E-state index is 12.3. The van der Waals surface area contributed by atoms with Crippen molar-refractivity contribution in [1.29, 1.82) is 0 Å². The summed E-state index contributed by atoms with van der Waals surface area (Å²) in [6, 6.07) is 7.63. The summed E-state index contributed by atoms with van der Waals surface area (Å²) in [7, 11) is 1.59. The van der Waals surface area contributed by atoms with E-state index in [4.69, 9.17) is 23.7 Å². The van der Waals surface area contributed by atoms with Crippen molar-refractivity contribution >= 4 is 43.9 Å². The van der Waals surface area contributed by atoms with Crippen LogP contribution in [0, 0.1) is 0 Å². The summed E-state index contributed by atoms with van der Waals surface area (Å²) in [4.78, 5) is 12.3. The zero-order valence-corrected chi connectivity index (χ0v) is 22.4. The third kappa shape index (κ3) is 6.67. The molecule has 1 aliphatic rings. The highest BCUT2D eigenvalue weighted by atomic mass is 79.9. The van der Waals surface area contributed by atoms with Crippen molar-refractivity contribution in [2.24, 2.45) is 0 Å². The van der Waals surface area contributed by atoms with Crippen LogP contribution in [0.3, 0.4) is 0 Å². The number of aryl methyl sites for hydroxylation is 1. The second-order valence-electron chi connectivity index (χ2n) is 8.38. The van der Waals surface area contributed by atoms with E-state index in [1.807, 2.05) is 45.0 Å². The zero-order valence-electron chi connectivity index (χ0n) is 19.2. The summed E-state index contributed by atoms with van der Waals surface area (Å²) >= 11 is 7.07. The first-order chi connectivity index (χ1) is 15.7. The molecule has 0 spiro atoms. The van der Waals surface area contributed by atoms with Crippen molar-refractivity contribution in [3.63, 3.8) is 0 Å². The largest absolute Gasteiger partial charge is 0.493 e. The summed E-state index contributed by atoms with van der Waals surface area (Å²) in [5.41, 5.74) is 2.08. The Morgan fingerprint density at radius 3 is 2.67 bits per heavy atom. The molecule has 0 radical (unpaired) electrons. The van der Waals surface area contributed by atoms with Crippen LogP contribution in [-0.4, -0.2) is 30.8 Å². The highest BCUT2D eigenvalue weighted by Crippen LogP contribution is 2.42. The molecule has 6 nitrogen and oxygen atoms in total. The predicted molar refractivity (Wildman–Crippen MR) is 135 cm³/mol. The minimum atomic E-state index is -0.573. The number of fused-ring (bicyclic) bond motifs is 1. The Bertz CT molecular complexity index is 1030. The van der Waals surface area contributed by atoms with E-state index in [2.05, 4.69) is 31.9 Å². The van der Waals surface area contributed by atoms with Crippen LogP contribution in [0.1, 0.15) is 43.9 Å². The van der Waals surface area contributed by atoms with Crippen LogP contribution in [0.2, 0.25) is 0 Å². The van der Waals surface area contributed by atoms with Gasteiger partial charge in [-0.25, -0.2) is 4.79 Å². The summed E-state index contributed by atoms with van der Waals surface area (Å²) in [6.07, 6.45) is 4.90. The van der Waals surface area contributed by atoms with Gasteiger partial charge in [0.1, 0.15) is 12.2 Å².